The van der Waals surface area contributed by atoms with Crippen LogP contribution in [-0.2, 0) is 6.54 Å². The SMILES string of the molecule is O=C(O)c1cccnc1CNC1CN2CCC1CC2. The summed E-state index contributed by atoms with van der Waals surface area (Å²) in [4.78, 5) is 17.8. The van der Waals surface area contributed by atoms with Crippen molar-refractivity contribution in [3.05, 3.63) is 29.6 Å². The molecule has 1 unspecified atom stereocenters. The molecule has 1 atom stereocenters. The molecule has 2 N–H and O–H groups in total. The van der Waals surface area contributed by atoms with Crippen molar-refractivity contribution in [1.82, 2.24) is 15.2 Å². The lowest BCUT2D eigenvalue weighted by Gasteiger charge is -2.45. The molecule has 2 bridgehead atoms. The largest absolute Gasteiger partial charge is 0.478 e. The summed E-state index contributed by atoms with van der Waals surface area (Å²) in [5, 5.41) is 12.6. The molecular formula is C14H19N3O2. The van der Waals surface area contributed by atoms with Gasteiger partial charge in [0, 0.05) is 25.3 Å². The summed E-state index contributed by atoms with van der Waals surface area (Å²) in [5.41, 5.74) is 0.933. The maximum absolute atomic E-state index is 11.1. The Morgan fingerprint density at radius 2 is 2.26 bits per heavy atom. The van der Waals surface area contributed by atoms with Gasteiger partial charge in [0.1, 0.15) is 0 Å². The summed E-state index contributed by atoms with van der Waals surface area (Å²) in [5.74, 6) is -0.166. The van der Waals surface area contributed by atoms with Crippen LogP contribution in [0.25, 0.3) is 0 Å². The molecule has 0 radical (unpaired) electrons. The van der Waals surface area contributed by atoms with Gasteiger partial charge >= 0.3 is 5.97 Å². The highest BCUT2D eigenvalue weighted by Gasteiger charge is 2.33. The van der Waals surface area contributed by atoms with Crippen molar-refractivity contribution in [1.29, 1.82) is 0 Å². The number of hydrogen-bond donors (Lipinski definition) is 2. The first-order valence-electron chi connectivity index (χ1n) is 6.87. The van der Waals surface area contributed by atoms with E-state index in [4.69, 9.17) is 5.11 Å². The maximum atomic E-state index is 11.1. The van der Waals surface area contributed by atoms with Crippen LogP contribution >= 0.6 is 0 Å². The quantitative estimate of drug-likeness (QED) is 0.845. The molecule has 3 aliphatic heterocycles. The molecule has 0 spiro atoms. The third kappa shape index (κ3) is 2.62. The molecule has 3 aliphatic rings. The van der Waals surface area contributed by atoms with Crippen molar-refractivity contribution in [2.45, 2.75) is 25.4 Å². The van der Waals surface area contributed by atoms with Crippen LogP contribution in [0.4, 0.5) is 0 Å². The molecule has 102 valence electrons. The molecule has 0 amide bonds. The zero-order chi connectivity index (χ0) is 13.2. The van der Waals surface area contributed by atoms with E-state index in [0.29, 0.717) is 23.8 Å². The van der Waals surface area contributed by atoms with Crippen molar-refractivity contribution in [3.63, 3.8) is 0 Å². The summed E-state index contributed by atoms with van der Waals surface area (Å²) in [6, 6.07) is 3.76. The number of nitrogens with zero attached hydrogens (tertiary/aromatic N) is 2. The number of carboxylic acid groups (broad SMARTS) is 1. The number of pyridine rings is 1. The fourth-order valence-corrected chi connectivity index (χ4v) is 3.20. The summed E-state index contributed by atoms with van der Waals surface area (Å²) >= 11 is 0. The molecule has 4 heterocycles. The Morgan fingerprint density at radius 1 is 1.47 bits per heavy atom. The van der Waals surface area contributed by atoms with Crippen LogP contribution in [-0.4, -0.2) is 46.6 Å². The number of piperidine rings is 3. The molecule has 3 saturated heterocycles. The second-order valence-electron chi connectivity index (χ2n) is 5.43. The Bertz CT molecular complexity index is 470. The Kier molecular flexibility index (Phi) is 3.48. The van der Waals surface area contributed by atoms with E-state index in [1.165, 1.54) is 25.9 Å². The number of aromatic carboxylic acids is 1. The zero-order valence-electron chi connectivity index (χ0n) is 10.9. The van der Waals surface area contributed by atoms with Gasteiger partial charge in [-0.3, -0.25) is 4.98 Å². The molecule has 0 saturated carbocycles. The third-order valence-corrected chi connectivity index (χ3v) is 4.31. The van der Waals surface area contributed by atoms with Gasteiger partial charge in [-0.1, -0.05) is 0 Å². The highest BCUT2D eigenvalue weighted by Crippen LogP contribution is 2.27. The van der Waals surface area contributed by atoms with Crippen molar-refractivity contribution < 1.29 is 9.90 Å². The van der Waals surface area contributed by atoms with Crippen molar-refractivity contribution in [3.8, 4) is 0 Å². The van der Waals surface area contributed by atoms with Crippen LogP contribution in [0.5, 0.6) is 0 Å². The number of rotatable bonds is 4. The third-order valence-electron chi connectivity index (χ3n) is 4.31. The summed E-state index contributed by atoms with van der Waals surface area (Å²) in [6.07, 6.45) is 4.16. The van der Waals surface area contributed by atoms with Crippen LogP contribution in [0.1, 0.15) is 28.9 Å². The lowest BCUT2D eigenvalue weighted by molar-refractivity contribution is 0.0685. The molecular weight excluding hydrogens is 242 g/mol. The Labute approximate surface area is 112 Å². The van der Waals surface area contributed by atoms with E-state index in [1.807, 2.05) is 0 Å². The lowest BCUT2D eigenvalue weighted by Crippen LogP contribution is -2.55. The lowest BCUT2D eigenvalue weighted by atomic mass is 9.84. The van der Waals surface area contributed by atoms with Crippen LogP contribution in [0.3, 0.4) is 0 Å². The first-order chi connectivity index (χ1) is 9.24. The highest BCUT2D eigenvalue weighted by molar-refractivity contribution is 5.88. The monoisotopic (exact) mass is 261 g/mol. The minimum Gasteiger partial charge on any atom is -0.478 e. The van der Waals surface area contributed by atoms with E-state index in [1.54, 1.807) is 18.3 Å². The van der Waals surface area contributed by atoms with Crippen LogP contribution in [0, 0.1) is 5.92 Å². The number of carbonyl (C=O) groups is 1. The molecule has 4 rings (SSSR count). The second kappa shape index (κ2) is 5.27. The van der Waals surface area contributed by atoms with E-state index in [2.05, 4.69) is 15.2 Å². The van der Waals surface area contributed by atoms with Crippen LogP contribution < -0.4 is 5.32 Å². The van der Waals surface area contributed by atoms with Gasteiger partial charge in [-0.15, -0.1) is 0 Å². The van der Waals surface area contributed by atoms with Gasteiger partial charge in [-0.05, 0) is 44.0 Å². The fraction of sp³-hybridized carbons (Fsp3) is 0.571. The Morgan fingerprint density at radius 3 is 2.89 bits per heavy atom. The number of aromatic nitrogens is 1. The number of hydrogen-bond acceptors (Lipinski definition) is 4. The zero-order valence-corrected chi connectivity index (χ0v) is 10.9. The summed E-state index contributed by atoms with van der Waals surface area (Å²) < 4.78 is 0. The van der Waals surface area contributed by atoms with E-state index in [9.17, 15) is 4.79 Å². The molecule has 19 heavy (non-hydrogen) atoms. The van der Waals surface area contributed by atoms with E-state index in [-0.39, 0.29) is 0 Å². The van der Waals surface area contributed by atoms with Crippen molar-refractivity contribution in [2.75, 3.05) is 19.6 Å². The van der Waals surface area contributed by atoms with Crippen LogP contribution in [0.15, 0.2) is 18.3 Å². The van der Waals surface area contributed by atoms with Gasteiger partial charge in [0.15, 0.2) is 0 Å². The first-order valence-corrected chi connectivity index (χ1v) is 6.87. The van der Waals surface area contributed by atoms with Gasteiger partial charge in [0.05, 0.1) is 11.3 Å². The molecule has 5 nitrogen and oxygen atoms in total. The molecule has 5 heteroatoms. The van der Waals surface area contributed by atoms with E-state index in [0.717, 1.165) is 12.5 Å². The normalized spacial score (nSPS) is 29.4. The van der Waals surface area contributed by atoms with Gasteiger partial charge in [0.2, 0.25) is 0 Å². The number of fused-ring (bicyclic) bond motifs is 3. The van der Waals surface area contributed by atoms with Crippen LogP contribution in [0.2, 0.25) is 0 Å². The summed E-state index contributed by atoms with van der Waals surface area (Å²) in [6.45, 7) is 4.05. The molecule has 1 aromatic rings. The van der Waals surface area contributed by atoms with Gasteiger partial charge in [-0.25, -0.2) is 4.79 Å². The molecule has 0 aliphatic carbocycles. The molecule has 1 aromatic heterocycles. The van der Waals surface area contributed by atoms with Crippen molar-refractivity contribution in [2.24, 2.45) is 5.92 Å². The van der Waals surface area contributed by atoms with E-state index >= 15 is 0 Å². The second-order valence-corrected chi connectivity index (χ2v) is 5.43. The molecule has 3 fully saturated rings. The predicted octanol–water partition coefficient (Wildman–Crippen LogP) is 0.964. The van der Waals surface area contributed by atoms with Gasteiger partial charge in [-0.2, -0.15) is 0 Å². The first kappa shape index (κ1) is 12.6. The smallest absolute Gasteiger partial charge is 0.337 e. The maximum Gasteiger partial charge on any atom is 0.337 e. The highest BCUT2D eigenvalue weighted by atomic mass is 16.4. The van der Waals surface area contributed by atoms with Gasteiger partial charge in [0.25, 0.3) is 0 Å². The average Bonchev–Trinajstić information content (AvgIpc) is 2.46. The average molecular weight is 261 g/mol. The topological polar surface area (TPSA) is 65.5 Å². The number of carboxylic acids is 1. The minimum absolute atomic E-state index is 0.302. The minimum atomic E-state index is -0.904. The van der Waals surface area contributed by atoms with Crippen molar-refractivity contribution >= 4 is 5.97 Å². The van der Waals surface area contributed by atoms with Gasteiger partial charge < -0.3 is 15.3 Å². The Hall–Kier alpha value is -1.46. The summed E-state index contributed by atoms with van der Waals surface area (Å²) in [7, 11) is 0. The Balaban J connectivity index is 1.65. The predicted molar refractivity (Wildman–Crippen MR) is 71.0 cm³/mol. The standard InChI is InChI=1S/C14H19N3O2/c18-14(19)11-2-1-5-15-12(11)8-16-13-9-17-6-3-10(13)4-7-17/h1-2,5,10,13,16H,3-4,6-9H2,(H,18,19). The fourth-order valence-electron chi connectivity index (χ4n) is 3.20. The van der Waals surface area contributed by atoms with E-state index < -0.39 is 5.97 Å². The molecule has 0 aromatic carbocycles. The number of nitrogens with one attached hydrogen (secondary N) is 1.